The fourth-order valence-corrected chi connectivity index (χ4v) is 2.53. The van der Waals surface area contributed by atoms with Crippen molar-refractivity contribution in [3.05, 3.63) is 51.7 Å². The number of carbonyl (C=O) groups excluding carboxylic acids is 1. The van der Waals surface area contributed by atoms with Gasteiger partial charge in [-0.2, -0.15) is 0 Å². The molecule has 2 rings (SSSR count). The number of carbonyl (C=O) groups is 1. The molecule has 0 spiro atoms. The monoisotopic (exact) mass is 323 g/mol. The van der Waals surface area contributed by atoms with Gasteiger partial charge in [-0.05, 0) is 24.6 Å². The van der Waals surface area contributed by atoms with Crippen molar-refractivity contribution in [3.63, 3.8) is 0 Å². The molecule has 5 nitrogen and oxygen atoms in total. The van der Waals surface area contributed by atoms with E-state index in [4.69, 9.17) is 0 Å². The molecule has 1 atom stereocenters. The van der Waals surface area contributed by atoms with Gasteiger partial charge in [-0.1, -0.05) is 12.1 Å². The van der Waals surface area contributed by atoms with Crippen molar-refractivity contribution in [1.82, 2.24) is 15.6 Å². The quantitative estimate of drug-likeness (QED) is 0.763. The summed E-state index contributed by atoms with van der Waals surface area (Å²) in [4.78, 5) is 15.9. The molecule has 0 saturated heterocycles. The highest BCUT2D eigenvalue weighted by atomic mass is 32.1. The molecule has 0 aliphatic carbocycles. The minimum Gasteiger partial charge on any atom is -0.387 e. The van der Waals surface area contributed by atoms with Gasteiger partial charge in [0.2, 0.25) is 0 Å². The van der Waals surface area contributed by atoms with E-state index in [1.165, 1.54) is 24.3 Å². The Balaban J connectivity index is 1.67. The van der Waals surface area contributed by atoms with Crippen LogP contribution in [0.25, 0.3) is 0 Å². The first kappa shape index (κ1) is 16.4. The Bertz CT molecular complexity index is 616. The number of nitrogens with zero attached hydrogens (tertiary/aromatic N) is 1. The molecule has 0 bridgehead atoms. The molecular formula is C15H18FN3O2S. The highest BCUT2D eigenvalue weighted by Crippen LogP contribution is 2.12. The number of nitrogens with one attached hydrogen (secondary N) is 2. The molecule has 7 heteroatoms. The summed E-state index contributed by atoms with van der Waals surface area (Å²) in [5.74, 6) is -0.362. The first-order valence-corrected chi connectivity index (χ1v) is 7.79. The molecule has 2 aromatic rings. The third kappa shape index (κ3) is 5.09. The van der Waals surface area contributed by atoms with Gasteiger partial charge < -0.3 is 15.7 Å². The van der Waals surface area contributed by atoms with E-state index in [9.17, 15) is 14.3 Å². The van der Waals surface area contributed by atoms with Crippen molar-refractivity contribution in [2.45, 2.75) is 19.4 Å². The second-order valence-corrected chi connectivity index (χ2v) is 5.87. The minimum atomic E-state index is -0.868. The fraction of sp³-hybridized carbons (Fsp3) is 0.333. The summed E-state index contributed by atoms with van der Waals surface area (Å²) in [5.41, 5.74) is 1.51. The molecule has 1 aromatic carbocycles. The number of aryl methyl sites for hydroxylation is 1. The number of urea groups is 1. The number of thiazole rings is 1. The average Bonchev–Trinajstić information content (AvgIpc) is 2.91. The van der Waals surface area contributed by atoms with E-state index in [1.54, 1.807) is 11.3 Å². The number of aliphatic hydroxyl groups excluding tert-OH is 1. The molecule has 118 valence electrons. The standard InChI is InChI=1S/C15H18FN3O2S/c1-10-19-13(9-22-10)6-7-17-15(21)18-8-14(20)11-2-4-12(16)5-3-11/h2-5,9,14,20H,6-8H2,1H3,(H2,17,18,21)/t14-/m0/s1. The summed E-state index contributed by atoms with van der Waals surface area (Å²) in [7, 11) is 0. The van der Waals surface area contributed by atoms with E-state index in [0.29, 0.717) is 18.5 Å². The van der Waals surface area contributed by atoms with Crippen LogP contribution in [-0.4, -0.2) is 29.2 Å². The Morgan fingerprint density at radius 3 is 2.73 bits per heavy atom. The maximum absolute atomic E-state index is 12.8. The second kappa shape index (κ2) is 7.86. The molecule has 0 aliphatic rings. The molecule has 0 saturated carbocycles. The number of aromatic nitrogens is 1. The molecule has 0 fully saturated rings. The van der Waals surface area contributed by atoms with E-state index in [2.05, 4.69) is 15.6 Å². The number of amides is 2. The molecule has 0 radical (unpaired) electrons. The van der Waals surface area contributed by atoms with Gasteiger partial charge in [-0.15, -0.1) is 11.3 Å². The van der Waals surface area contributed by atoms with Gasteiger partial charge >= 0.3 is 6.03 Å². The van der Waals surface area contributed by atoms with E-state index in [-0.39, 0.29) is 18.4 Å². The van der Waals surface area contributed by atoms with Gasteiger partial charge in [-0.25, -0.2) is 14.2 Å². The smallest absolute Gasteiger partial charge is 0.314 e. The predicted octanol–water partition coefficient (Wildman–Crippen LogP) is 2.17. The van der Waals surface area contributed by atoms with Crippen LogP contribution in [0, 0.1) is 12.7 Å². The molecule has 0 aliphatic heterocycles. The summed E-state index contributed by atoms with van der Waals surface area (Å²) < 4.78 is 12.8. The van der Waals surface area contributed by atoms with Gasteiger partial charge in [0.05, 0.1) is 16.8 Å². The van der Waals surface area contributed by atoms with Crippen LogP contribution in [0.5, 0.6) is 0 Å². The third-order valence-corrected chi connectivity index (χ3v) is 3.87. The Kier molecular flexibility index (Phi) is 5.85. The van der Waals surface area contributed by atoms with Crippen LogP contribution in [0.1, 0.15) is 22.4 Å². The lowest BCUT2D eigenvalue weighted by atomic mass is 10.1. The predicted molar refractivity (Wildman–Crippen MR) is 83.3 cm³/mol. The van der Waals surface area contributed by atoms with Gasteiger partial charge in [0.15, 0.2) is 0 Å². The lowest BCUT2D eigenvalue weighted by Crippen LogP contribution is -2.38. The highest BCUT2D eigenvalue weighted by molar-refractivity contribution is 7.09. The van der Waals surface area contributed by atoms with Crippen LogP contribution in [0.15, 0.2) is 29.6 Å². The molecular weight excluding hydrogens is 305 g/mol. The molecule has 3 N–H and O–H groups in total. The summed E-state index contributed by atoms with van der Waals surface area (Å²) in [6, 6.07) is 5.17. The Morgan fingerprint density at radius 1 is 1.36 bits per heavy atom. The topological polar surface area (TPSA) is 74.2 Å². The zero-order valence-corrected chi connectivity index (χ0v) is 13.0. The van der Waals surface area contributed by atoms with E-state index >= 15 is 0 Å². The summed E-state index contributed by atoms with van der Waals surface area (Å²) in [6.45, 7) is 2.47. The number of benzene rings is 1. The lowest BCUT2D eigenvalue weighted by molar-refractivity contribution is 0.173. The number of hydrogen-bond donors (Lipinski definition) is 3. The van der Waals surface area contributed by atoms with Crippen molar-refractivity contribution >= 4 is 17.4 Å². The number of halogens is 1. The summed E-state index contributed by atoms with van der Waals surface area (Å²) >= 11 is 1.58. The molecule has 1 heterocycles. The largest absolute Gasteiger partial charge is 0.387 e. The van der Waals surface area contributed by atoms with Gasteiger partial charge in [0.1, 0.15) is 5.82 Å². The first-order chi connectivity index (χ1) is 10.5. The van der Waals surface area contributed by atoms with E-state index < -0.39 is 6.10 Å². The molecule has 2 amide bonds. The Hall–Kier alpha value is -1.99. The van der Waals surface area contributed by atoms with Crippen LogP contribution < -0.4 is 10.6 Å². The average molecular weight is 323 g/mol. The van der Waals surface area contributed by atoms with Crippen molar-refractivity contribution in [1.29, 1.82) is 0 Å². The molecule has 0 unspecified atom stereocenters. The zero-order chi connectivity index (χ0) is 15.9. The van der Waals surface area contributed by atoms with Crippen molar-refractivity contribution < 1.29 is 14.3 Å². The second-order valence-electron chi connectivity index (χ2n) is 4.81. The minimum absolute atomic E-state index is 0.0628. The normalized spacial score (nSPS) is 12.0. The van der Waals surface area contributed by atoms with Crippen LogP contribution in [0.2, 0.25) is 0 Å². The summed E-state index contributed by atoms with van der Waals surface area (Å²) in [5, 5.41) is 18.1. The van der Waals surface area contributed by atoms with Gasteiger partial charge in [0, 0.05) is 24.9 Å². The van der Waals surface area contributed by atoms with Crippen molar-refractivity contribution in [3.8, 4) is 0 Å². The maximum Gasteiger partial charge on any atom is 0.314 e. The van der Waals surface area contributed by atoms with Crippen LogP contribution in [0.4, 0.5) is 9.18 Å². The van der Waals surface area contributed by atoms with E-state index in [1.807, 2.05) is 12.3 Å². The van der Waals surface area contributed by atoms with Crippen LogP contribution in [-0.2, 0) is 6.42 Å². The maximum atomic E-state index is 12.8. The van der Waals surface area contributed by atoms with Crippen LogP contribution in [0.3, 0.4) is 0 Å². The first-order valence-electron chi connectivity index (χ1n) is 6.91. The number of hydrogen-bond acceptors (Lipinski definition) is 4. The van der Waals surface area contributed by atoms with Crippen molar-refractivity contribution in [2.24, 2.45) is 0 Å². The lowest BCUT2D eigenvalue weighted by Gasteiger charge is -2.12. The van der Waals surface area contributed by atoms with Gasteiger partial charge in [0.25, 0.3) is 0 Å². The Morgan fingerprint density at radius 2 is 2.09 bits per heavy atom. The fourth-order valence-electron chi connectivity index (χ4n) is 1.88. The molecule has 22 heavy (non-hydrogen) atoms. The van der Waals surface area contributed by atoms with Crippen LogP contribution >= 0.6 is 11.3 Å². The molecule has 1 aromatic heterocycles. The number of rotatable bonds is 6. The number of aliphatic hydroxyl groups is 1. The summed E-state index contributed by atoms with van der Waals surface area (Å²) in [6.07, 6.45) is -0.203. The Labute approximate surface area is 132 Å². The van der Waals surface area contributed by atoms with Crippen molar-refractivity contribution in [2.75, 3.05) is 13.1 Å². The third-order valence-electron chi connectivity index (χ3n) is 3.04. The zero-order valence-electron chi connectivity index (χ0n) is 12.2. The van der Waals surface area contributed by atoms with Gasteiger partial charge in [-0.3, -0.25) is 0 Å². The van der Waals surface area contributed by atoms with E-state index in [0.717, 1.165) is 10.7 Å². The SMILES string of the molecule is Cc1nc(CCNC(=O)NC[C@H](O)c2ccc(F)cc2)cs1. The highest BCUT2D eigenvalue weighted by Gasteiger charge is 2.09.